The van der Waals surface area contributed by atoms with Crippen molar-refractivity contribution in [3.63, 3.8) is 0 Å². The Bertz CT molecular complexity index is 2050. The zero-order valence-electron chi connectivity index (χ0n) is 23.9. The van der Waals surface area contributed by atoms with Gasteiger partial charge in [0, 0.05) is 29.5 Å². The van der Waals surface area contributed by atoms with Crippen molar-refractivity contribution >= 4 is 61.3 Å². The highest BCUT2D eigenvalue weighted by molar-refractivity contribution is 7.90. The van der Waals surface area contributed by atoms with Gasteiger partial charge >= 0.3 is 5.97 Å². The molecule has 3 aliphatic carbocycles. The number of ether oxygens (including phenoxy) is 1. The summed E-state index contributed by atoms with van der Waals surface area (Å²) in [4.78, 5) is 26.8. The van der Waals surface area contributed by atoms with Crippen LogP contribution in [0.15, 0.2) is 53.8 Å². The minimum atomic E-state index is -4.08. The number of nitrogens with zero attached hydrogens (tertiary/aromatic N) is 5. The highest BCUT2D eigenvalue weighted by atomic mass is 35.5. The van der Waals surface area contributed by atoms with Crippen LogP contribution in [0.25, 0.3) is 33.5 Å². The molecule has 4 aromatic heterocycles. The molecule has 5 aromatic rings. The molecule has 0 unspecified atom stereocenters. The van der Waals surface area contributed by atoms with Gasteiger partial charge < -0.3 is 9.30 Å². The lowest BCUT2D eigenvalue weighted by Gasteiger charge is -2.47. The number of benzene rings is 1. The molecule has 8 rings (SSSR count). The van der Waals surface area contributed by atoms with E-state index in [4.69, 9.17) is 32.9 Å². The number of pyridine rings is 1. The topological polar surface area (TPSA) is 109 Å². The summed E-state index contributed by atoms with van der Waals surface area (Å²) in [5.74, 6) is -1.01. The van der Waals surface area contributed by atoms with Crippen molar-refractivity contribution in [1.29, 1.82) is 0 Å². The van der Waals surface area contributed by atoms with Crippen LogP contribution < -0.4 is 0 Å². The van der Waals surface area contributed by atoms with Crippen molar-refractivity contribution < 1.29 is 22.3 Å². The molecule has 3 saturated carbocycles. The van der Waals surface area contributed by atoms with Gasteiger partial charge in [0.1, 0.15) is 10.8 Å². The molecule has 0 saturated heterocycles. The quantitative estimate of drug-likeness (QED) is 0.143. The van der Waals surface area contributed by atoms with Gasteiger partial charge in [0.2, 0.25) is 0 Å². The summed E-state index contributed by atoms with van der Waals surface area (Å²) in [5.41, 5.74) is 1.56. The molecule has 44 heavy (non-hydrogen) atoms. The first kappa shape index (κ1) is 29.2. The maximum atomic E-state index is 15.5. The second-order valence-corrected chi connectivity index (χ2v) is 14.2. The number of halogens is 3. The van der Waals surface area contributed by atoms with E-state index in [0.717, 1.165) is 35.2 Å². The van der Waals surface area contributed by atoms with E-state index >= 15 is 4.39 Å². The Morgan fingerprint density at radius 2 is 1.75 bits per heavy atom. The molecule has 9 nitrogen and oxygen atoms in total. The first-order valence-corrected chi connectivity index (χ1v) is 16.7. The van der Waals surface area contributed by atoms with Crippen molar-refractivity contribution in [3.05, 3.63) is 70.5 Å². The Balaban J connectivity index is 1.43. The smallest absolute Gasteiger partial charge is 0.311 e. The van der Waals surface area contributed by atoms with Gasteiger partial charge in [0.15, 0.2) is 17.3 Å². The monoisotopic (exact) mass is 655 g/mol. The summed E-state index contributed by atoms with van der Waals surface area (Å²) >= 11 is 12.9. The molecule has 0 N–H and O–H groups in total. The van der Waals surface area contributed by atoms with Gasteiger partial charge in [-0.25, -0.2) is 31.7 Å². The summed E-state index contributed by atoms with van der Waals surface area (Å²) in [5, 5.41) is 0.559. The van der Waals surface area contributed by atoms with Gasteiger partial charge in [-0.1, -0.05) is 40.9 Å². The van der Waals surface area contributed by atoms with E-state index in [1.54, 1.807) is 29.7 Å². The molecule has 0 aliphatic heterocycles. The first-order chi connectivity index (χ1) is 21.1. The lowest BCUT2D eigenvalue weighted by Crippen LogP contribution is -2.45. The van der Waals surface area contributed by atoms with Gasteiger partial charge in [-0.2, -0.15) is 0 Å². The third kappa shape index (κ3) is 4.59. The van der Waals surface area contributed by atoms with Crippen LogP contribution in [0.3, 0.4) is 0 Å². The number of hydrogen-bond donors (Lipinski definition) is 0. The van der Waals surface area contributed by atoms with Gasteiger partial charge in [-0.15, -0.1) is 0 Å². The molecule has 1 aromatic carbocycles. The van der Waals surface area contributed by atoms with Gasteiger partial charge in [0.25, 0.3) is 10.0 Å². The molecule has 0 spiro atoms. The van der Waals surface area contributed by atoms with E-state index in [-0.39, 0.29) is 68.0 Å². The largest absolute Gasteiger partial charge is 0.466 e. The number of esters is 1. The predicted molar refractivity (Wildman–Crippen MR) is 165 cm³/mol. The normalized spacial score (nSPS) is 21.8. The number of carbonyl (C=O) groups is 1. The molecule has 0 amide bonds. The maximum absolute atomic E-state index is 15.5. The third-order valence-electron chi connectivity index (χ3n) is 9.03. The predicted octanol–water partition coefficient (Wildman–Crippen LogP) is 6.98. The number of hydrogen-bond acceptors (Lipinski definition) is 7. The van der Waals surface area contributed by atoms with Gasteiger partial charge in [-0.05, 0) is 69.6 Å². The zero-order chi connectivity index (χ0) is 30.9. The summed E-state index contributed by atoms with van der Waals surface area (Å²) in [7, 11) is -4.08. The lowest BCUT2D eigenvalue weighted by molar-refractivity contribution is -0.157. The highest BCUT2D eigenvalue weighted by Gasteiger charge is 2.49. The number of aromatic nitrogens is 5. The van der Waals surface area contributed by atoms with Crippen LogP contribution in [-0.2, 0) is 19.6 Å². The molecule has 2 atom stereocenters. The molecule has 2 bridgehead atoms. The molecule has 0 radical (unpaired) electrons. The summed E-state index contributed by atoms with van der Waals surface area (Å²) in [6.07, 6.45) is 7.73. The van der Waals surface area contributed by atoms with Crippen LogP contribution in [0.1, 0.15) is 44.2 Å². The van der Waals surface area contributed by atoms with E-state index in [1.807, 2.05) is 6.92 Å². The van der Waals surface area contributed by atoms with Crippen molar-refractivity contribution in [2.45, 2.75) is 50.5 Å². The summed E-state index contributed by atoms with van der Waals surface area (Å²) < 4.78 is 51.4. The Morgan fingerprint density at radius 3 is 2.45 bits per heavy atom. The standard InChI is InChI=1S/C31H28Cl2FN5O4S/c1-3-43-31(40)24-17-6-8-18(9-7-17)26(24)38-15-23(34)25-27(33)36-28(37-30(25)38)22-14-39(29-21(22)12-19(32)13-35-29)44(41,42)20-10-4-16(2)5-11-20/h4-5,10-15,17-18,24,26H,3,6-9H2,1-2H3/t17?,18?,24-,26-/m0/s1. The Morgan fingerprint density at radius 1 is 1.05 bits per heavy atom. The number of aryl methyl sites for hydroxylation is 1. The molecule has 3 aliphatic rings. The Hall–Kier alpha value is -3.54. The van der Waals surface area contributed by atoms with Crippen molar-refractivity contribution in [1.82, 2.24) is 23.5 Å². The van der Waals surface area contributed by atoms with E-state index < -0.39 is 21.8 Å². The Labute approximate surface area is 263 Å². The third-order valence-corrected chi connectivity index (χ3v) is 11.2. The van der Waals surface area contributed by atoms with Crippen molar-refractivity contribution in [2.24, 2.45) is 17.8 Å². The molecule has 4 heterocycles. The van der Waals surface area contributed by atoms with E-state index in [2.05, 4.69) is 9.97 Å². The number of fused-ring (bicyclic) bond motifs is 5. The molecular weight excluding hydrogens is 628 g/mol. The van der Waals surface area contributed by atoms with Crippen LogP contribution >= 0.6 is 23.2 Å². The Kier molecular flexibility index (Phi) is 7.17. The summed E-state index contributed by atoms with van der Waals surface area (Å²) in [6, 6.07) is 7.69. The van der Waals surface area contributed by atoms with E-state index in [9.17, 15) is 13.2 Å². The number of rotatable bonds is 6. The SMILES string of the molecule is CCOC(=O)[C@H]1C2CCC(CC2)[C@@H]1n1cc(F)c2c(Cl)nc(-c3cn(S(=O)(=O)c4ccc(C)cc4)c4ncc(Cl)cc34)nc21. The van der Waals surface area contributed by atoms with Crippen LogP contribution in [0.2, 0.25) is 10.2 Å². The minimum absolute atomic E-state index is 0.0339. The fourth-order valence-corrected chi connectivity index (χ4v) is 8.77. The number of carbonyl (C=O) groups excluding carboxylic acids is 1. The van der Waals surface area contributed by atoms with Gasteiger partial charge in [-0.3, -0.25) is 4.79 Å². The lowest BCUT2D eigenvalue weighted by atomic mass is 9.61. The van der Waals surface area contributed by atoms with Crippen molar-refractivity contribution in [2.75, 3.05) is 6.61 Å². The second kappa shape index (κ2) is 10.8. The molecule has 13 heteroatoms. The average molecular weight is 657 g/mol. The second-order valence-electron chi connectivity index (χ2n) is 11.5. The van der Waals surface area contributed by atoms with Crippen molar-refractivity contribution in [3.8, 4) is 11.4 Å². The zero-order valence-corrected chi connectivity index (χ0v) is 26.2. The minimum Gasteiger partial charge on any atom is -0.466 e. The first-order valence-electron chi connectivity index (χ1n) is 14.5. The van der Waals surface area contributed by atoms with Crippen LogP contribution in [0, 0.1) is 30.5 Å². The van der Waals surface area contributed by atoms with Crippen LogP contribution in [0.4, 0.5) is 4.39 Å². The highest BCUT2D eigenvalue weighted by Crippen LogP contribution is 2.53. The van der Waals surface area contributed by atoms with Crippen LogP contribution in [-0.4, -0.2) is 44.5 Å². The fraction of sp³-hybridized carbons (Fsp3) is 0.355. The van der Waals surface area contributed by atoms with Crippen LogP contribution in [0.5, 0.6) is 0 Å². The molecule has 228 valence electrons. The van der Waals surface area contributed by atoms with E-state index in [1.165, 1.54) is 30.7 Å². The molecular formula is C31H28Cl2FN5O4S. The summed E-state index contributed by atoms with van der Waals surface area (Å²) in [6.45, 7) is 3.89. The maximum Gasteiger partial charge on any atom is 0.311 e. The van der Waals surface area contributed by atoms with Gasteiger partial charge in [0.05, 0.1) is 33.9 Å². The molecule has 3 fully saturated rings. The average Bonchev–Trinajstić information content (AvgIpc) is 3.55. The fourth-order valence-electron chi connectivity index (χ4n) is 7.04. The van der Waals surface area contributed by atoms with E-state index in [0.29, 0.717) is 10.9 Å².